The molecule has 34 heavy (non-hydrogen) atoms. The number of rotatable bonds is 8. The maximum Gasteiger partial charge on any atom is 0.185 e. The minimum Gasteiger partial charge on any atom is -0.490 e. The third kappa shape index (κ3) is 8.09. The van der Waals surface area contributed by atoms with Crippen molar-refractivity contribution < 1.29 is 19.0 Å². The summed E-state index contributed by atoms with van der Waals surface area (Å²) in [6, 6.07) is 11.1. The zero-order valence-corrected chi connectivity index (χ0v) is 22.2. The van der Waals surface area contributed by atoms with Crippen LogP contribution in [-0.2, 0) is 5.41 Å². The Labute approximate surface area is 205 Å². The Hall–Kier alpha value is -3.01. The molecule has 0 saturated heterocycles. The number of benzene rings is 2. The number of hydrogen-bond donors (Lipinski definition) is 0. The van der Waals surface area contributed by atoms with Gasteiger partial charge in [0.05, 0.1) is 5.56 Å². The second-order valence-electron chi connectivity index (χ2n) is 11.4. The van der Waals surface area contributed by atoms with Gasteiger partial charge in [-0.3, -0.25) is 4.79 Å². The van der Waals surface area contributed by atoms with E-state index in [1.807, 2.05) is 53.7 Å². The van der Waals surface area contributed by atoms with Gasteiger partial charge in [0, 0.05) is 11.1 Å². The van der Waals surface area contributed by atoms with Crippen molar-refractivity contribution in [1.29, 1.82) is 0 Å². The lowest BCUT2D eigenvalue weighted by atomic mass is 9.84. The number of carbonyl (C=O) groups is 1. The van der Waals surface area contributed by atoms with E-state index in [9.17, 15) is 4.79 Å². The Morgan fingerprint density at radius 3 is 1.94 bits per heavy atom. The molecule has 0 aliphatic rings. The van der Waals surface area contributed by atoms with Crippen LogP contribution in [0.1, 0.15) is 83.8 Å². The van der Waals surface area contributed by atoms with Crippen molar-refractivity contribution in [1.82, 2.24) is 0 Å². The molecule has 4 nitrogen and oxygen atoms in total. The highest BCUT2D eigenvalue weighted by Gasteiger charge is 2.27. The second-order valence-corrected chi connectivity index (χ2v) is 11.4. The summed E-state index contributed by atoms with van der Waals surface area (Å²) in [7, 11) is 0. The zero-order valence-electron chi connectivity index (χ0n) is 22.2. The molecule has 0 spiro atoms. The quantitative estimate of drug-likeness (QED) is 0.227. The van der Waals surface area contributed by atoms with E-state index in [4.69, 9.17) is 14.2 Å². The maximum absolute atomic E-state index is 13.0. The van der Waals surface area contributed by atoms with Crippen molar-refractivity contribution in [3.63, 3.8) is 0 Å². The van der Waals surface area contributed by atoms with Crippen LogP contribution in [0.5, 0.6) is 17.2 Å². The van der Waals surface area contributed by atoms with Crippen LogP contribution in [0.15, 0.2) is 55.1 Å². The normalized spacial score (nSPS) is 12.5. The average molecular weight is 465 g/mol. The van der Waals surface area contributed by atoms with E-state index in [0.29, 0.717) is 23.7 Å². The summed E-state index contributed by atoms with van der Waals surface area (Å²) in [4.78, 5) is 13.0. The number of ketones is 1. The van der Waals surface area contributed by atoms with E-state index in [-0.39, 0.29) is 11.2 Å². The highest BCUT2D eigenvalue weighted by Crippen LogP contribution is 2.42. The lowest BCUT2D eigenvalue weighted by Crippen LogP contribution is -2.27. The smallest absolute Gasteiger partial charge is 0.185 e. The molecule has 2 rings (SSSR count). The number of carbonyl (C=O) groups excluding carboxylic acids is 1. The lowest BCUT2D eigenvalue weighted by Gasteiger charge is -2.31. The molecular weight excluding hydrogens is 424 g/mol. The first kappa shape index (κ1) is 27.2. The third-order valence-electron chi connectivity index (χ3n) is 4.70. The summed E-state index contributed by atoms with van der Waals surface area (Å²) in [6.45, 7) is 22.6. The van der Waals surface area contributed by atoms with E-state index in [2.05, 4.69) is 33.4 Å². The number of hydrogen-bond acceptors (Lipinski definition) is 4. The van der Waals surface area contributed by atoms with Crippen LogP contribution < -0.4 is 14.2 Å². The minimum atomic E-state index is -0.422. The minimum absolute atomic E-state index is 0.111. The lowest BCUT2D eigenvalue weighted by molar-refractivity contribution is 0.104. The number of allylic oxidation sites excluding steroid dienone is 1. The molecule has 0 N–H and O–H groups in total. The molecule has 0 bridgehead atoms. The molecular formula is C30H40O4. The Balaban J connectivity index is 2.55. The summed E-state index contributed by atoms with van der Waals surface area (Å²) >= 11 is 0. The molecule has 2 aromatic carbocycles. The van der Waals surface area contributed by atoms with Gasteiger partial charge in [0.25, 0.3) is 0 Å². The van der Waals surface area contributed by atoms with Gasteiger partial charge in [-0.2, -0.15) is 0 Å². The molecule has 0 saturated carbocycles. The van der Waals surface area contributed by atoms with Crippen LogP contribution in [0.2, 0.25) is 0 Å². The second kappa shape index (κ2) is 10.5. The Bertz CT molecular complexity index is 1020. The van der Waals surface area contributed by atoms with Gasteiger partial charge in [0.15, 0.2) is 5.78 Å². The van der Waals surface area contributed by atoms with E-state index in [1.54, 1.807) is 36.4 Å². The molecule has 0 fully saturated rings. The fourth-order valence-electron chi connectivity index (χ4n) is 3.29. The third-order valence-corrected chi connectivity index (χ3v) is 4.70. The maximum atomic E-state index is 13.0. The van der Waals surface area contributed by atoms with Crippen molar-refractivity contribution in [2.45, 2.75) is 78.9 Å². The van der Waals surface area contributed by atoms with Crippen molar-refractivity contribution in [3.05, 3.63) is 71.8 Å². The summed E-state index contributed by atoms with van der Waals surface area (Å²) in [5.74, 6) is 2.00. The standard InChI is InChI=1S/C30H40O4/c1-11-20-32-22-14-12-21(13-15-22)25(31)18-16-23-26(33-29(5,6)7)19-17-24(28(2,3)4)27(23)34-30(8,9)10/h11-19H,1,20H2,2-10H3. The topological polar surface area (TPSA) is 44.8 Å². The predicted molar refractivity (Wildman–Crippen MR) is 141 cm³/mol. The van der Waals surface area contributed by atoms with Gasteiger partial charge in [-0.1, -0.05) is 39.5 Å². The SMILES string of the molecule is C=CCOc1ccc(C(=O)C=Cc2c(OC(C)(C)C)ccc(C(C)(C)C)c2OC(C)(C)C)cc1. The Morgan fingerprint density at radius 1 is 0.853 bits per heavy atom. The average Bonchev–Trinajstić information content (AvgIpc) is 2.68. The molecule has 0 aliphatic heterocycles. The summed E-state index contributed by atoms with van der Waals surface area (Å²) in [5, 5.41) is 0. The van der Waals surface area contributed by atoms with E-state index >= 15 is 0 Å². The fourth-order valence-corrected chi connectivity index (χ4v) is 3.29. The molecule has 2 aromatic rings. The van der Waals surface area contributed by atoms with Gasteiger partial charge in [0.1, 0.15) is 35.1 Å². The first-order valence-electron chi connectivity index (χ1n) is 11.7. The molecule has 0 radical (unpaired) electrons. The van der Waals surface area contributed by atoms with Crippen LogP contribution in [0.4, 0.5) is 0 Å². The fraction of sp³-hybridized carbons (Fsp3) is 0.433. The molecule has 0 atom stereocenters. The summed E-state index contributed by atoms with van der Waals surface area (Å²) in [6.07, 6.45) is 5.07. The van der Waals surface area contributed by atoms with Gasteiger partial charge in [-0.15, -0.1) is 0 Å². The molecule has 0 heterocycles. The van der Waals surface area contributed by atoms with Gasteiger partial charge in [-0.25, -0.2) is 0 Å². The van der Waals surface area contributed by atoms with Crippen LogP contribution in [0, 0.1) is 0 Å². The first-order valence-corrected chi connectivity index (χ1v) is 11.7. The van der Waals surface area contributed by atoms with E-state index in [1.165, 1.54) is 0 Å². The molecule has 184 valence electrons. The van der Waals surface area contributed by atoms with E-state index < -0.39 is 11.2 Å². The van der Waals surface area contributed by atoms with Gasteiger partial charge < -0.3 is 14.2 Å². The zero-order chi connectivity index (χ0) is 25.7. The molecule has 0 aromatic heterocycles. The highest BCUT2D eigenvalue weighted by atomic mass is 16.5. The summed E-state index contributed by atoms with van der Waals surface area (Å²) in [5.41, 5.74) is 1.40. The van der Waals surface area contributed by atoms with Crippen LogP contribution in [0.25, 0.3) is 6.08 Å². The highest BCUT2D eigenvalue weighted by molar-refractivity contribution is 6.07. The Kier molecular flexibility index (Phi) is 8.41. The van der Waals surface area contributed by atoms with Crippen molar-refractivity contribution in [2.75, 3.05) is 6.61 Å². The van der Waals surface area contributed by atoms with Gasteiger partial charge in [-0.05, 0) is 89.4 Å². The first-order chi connectivity index (χ1) is 15.6. The predicted octanol–water partition coefficient (Wildman–Crippen LogP) is 7.80. The van der Waals surface area contributed by atoms with Crippen LogP contribution in [-0.4, -0.2) is 23.6 Å². The van der Waals surface area contributed by atoms with Crippen molar-refractivity contribution in [2.24, 2.45) is 0 Å². The molecule has 0 aliphatic carbocycles. The number of ether oxygens (including phenoxy) is 3. The molecule has 0 amide bonds. The van der Waals surface area contributed by atoms with Crippen molar-refractivity contribution >= 4 is 11.9 Å². The molecule has 0 unspecified atom stereocenters. The van der Waals surface area contributed by atoms with Crippen LogP contribution >= 0.6 is 0 Å². The summed E-state index contributed by atoms with van der Waals surface area (Å²) < 4.78 is 18.3. The Morgan fingerprint density at radius 2 is 1.44 bits per heavy atom. The van der Waals surface area contributed by atoms with Crippen LogP contribution in [0.3, 0.4) is 0 Å². The molecule has 4 heteroatoms. The van der Waals surface area contributed by atoms with E-state index in [0.717, 1.165) is 16.9 Å². The van der Waals surface area contributed by atoms with Crippen molar-refractivity contribution in [3.8, 4) is 17.2 Å². The largest absolute Gasteiger partial charge is 0.490 e. The van der Waals surface area contributed by atoms with Gasteiger partial charge >= 0.3 is 0 Å². The monoisotopic (exact) mass is 464 g/mol. The van der Waals surface area contributed by atoms with Gasteiger partial charge in [0.2, 0.25) is 0 Å².